The molecular formula is C27H52O9. The number of rotatable bonds is 22. The molecule has 36 heavy (non-hydrogen) atoms. The Bertz CT molecular complexity index is 531. The summed E-state index contributed by atoms with van der Waals surface area (Å²) < 4.78 is 15.5. The van der Waals surface area contributed by atoms with Crippen LogP contribution in [-0.4, -0.2) is 88.1 Å². The van der Waals surface area contributed by atoms with Crippen LogP contribution >= 0.6 is 0 Å². The molecule has 0 unspecified atom stereocenters. The fourth-order valence-electron chi connectivity index (χ4n) is 4.36. The molecule has 1 rings (SSSR count). The van der Waals surface area contributed by atoms with E-state index in [9.17, 15) is 30.3 Å². The average molecular weight is 521 g/mol. The monoisotopic (exact) mass is 520 g/mol. The Balaban J connectivity index is 1.94. The second kappa shape index (κ2) is 21.2. The number of esters is 1. The van der Waals surface area contributed by atoms with Crippen LogP contribution in [0.5, 0.6) is 0 Å². The largest absolute Gasteiger partial charge is 0.463 e. The first-order valence-corrected chi connectivity index (χ1v) is 14.2. The molecule has 9 heteroatoms. The minimum atomic E-state index is -1.55. The molecule has 0 spiro atoms. The summed E-state index contributed by atoms with van der Waals surface area (Å²) in [5.74, 6) is -0.378. The molecule has 214 valence electrons. The predicted octanol–water partition coefficient (Wildman–Crippen LogP) is 2.97. The number of hydrogen-bond acceptors (Lipinski definition) is 9. The molecule has 1 fully saturated rings. The molecule has 0 aromatic carbocycles. The zero-order valence-corrected chi connectivity index (χ0v) is 22.3. The van der Waals surface area contributed by atoms with E-state index in [-0.39, 0.29) is 19.2 Å². The Labute approximate surface area is 217 Å². The molecule has 5 N–H and O–H groups in total. The zero-order valence-electron chi connectivity index (χ0n) is 22.3. The zero-order chi connectivity index (χ0) is 26.6. The molecule has 9 nitrogen and oxygen atoms in total. The third kappa shape index (κ3) is 14.8. The van der Waals surface area contributed by atoms with Gasteiger partial charge in [-0.25, -0.2) is 0 Å². The van der Waals surface area contributed by atoms with Crippen molar-refractivity contribution in [3.05, 3.63) is 0 Å². The fraction of sp³-hybridized carbons (Fsp3) is 0.963. The van der Waals surface area contributed by atoms with Gasteiger partial charge in [0.1, 0.15) is 37.1 Å². The van der Waals surface area contributed by atoms with Crippen molar-refractivity contribution in [2.75, 3.05) is 19.8 Å². The summed E-state index contributed by atoms with van der Waals surface area (Å²) in [6, 6.07) is 0. The van der Waals surface area contributed by atoms with Crippen molar-refractivity contribution in [3.8, 4) is 0 Å². The fourth-order valence-corrected chi connectivity index (χ4v) is 4.36. The highest BCUT2D eigenvalue weighted by Gasteiger charge is 2.44. The smallest absolute Gasteiger partial charge is 0.305 e. The van der Waals surface area contributed by atoms with E-state index in [4.69, 9.17) is 14.2 Å². The highest BCUT2D eigenvalue weighted by molar-refractivity contribution is 5.69. The maximum absolute atomic E-state index is 11.9. The van der Waals surface area contributed by atoms with Crippen molar-refractivity contribution in [1.29, 1.82) is 0 Å². The highest BCUT2D eigenvalue weighted by Crippen LogP contribution is 2.22. The van der Waals surface area contributed by atoms with Crippen LogP contribution in [0, 0.1) is 0 Å². The molecule has 0 saturated carbocycles. The molecule has 1 saturated heterocycles. The van der Waals surface area contributed by atoms with Gasteiger partial charge in [-0.3, -0.25) is 4.79 Å². The first-order chi connectivity index (χ1) is 17.4. The van der Waals surface area contributed by atoms with Crippen molar-refractivity contribution in [1.82, 2.24) is 0 Å². The summed E-state index contributed by atoms with van der Waals surface area (Å²) in [4.78, 5) is 11.9. The maximum Gasteiger partial charge on any atom is 0.305 e. The second-order valence-electron chi connectivity index (χ2n) is 10.1. The lowest BCUT2D eigenvalue weighted by Crippen LogP contribution is -2.59. The Morgan fingerprint density at radius 3 is 1.75 bits per heavy atom. The summed E-state index contributed by atoms with van der Waals surface area (Å²) >= 11 is 0. The van der Waals surface area contributed by atoms with Gasteiger partial charge in [0.25, 0.3) is 0 Å². The Morgan fingerprint density at radius 2 is 1.25 bits per heavy atom. The number of carbonyl (C=O) groups is 1. The number of hydrogen-bond donors (Lipinski definition) is 5. The van der Waals surface area contributed by atoms with Crippen LogP contribution in [0.25, 0.3) is 0 Å². The number of aliphatic hydroxyl groups excluding tert-OH is 5. The van der Waals surface area contributed by atoms with E-state index in [2.05, 4.69) is 6.92 Å². The van der Waals surface area contributed by atoms with E-state index in [0.717, 1.165) is 19.3 Å². The van der Waals surface area contributed by atoms with Gasteiger partial charge < -0.3 is 39.7 Å². The van der Waals surface area contributed by atoms with E-state index in [1.165, 1.54) is 77.0 Å². The van der Waals surface area contributed by atoms with Crippen LogP contribution in [0.2, 0.25) is 0 Å². The number of carbonyl (C=O) groups excluding carboxylic acids is 1. The first-order valence-electron chi connectivity index (χ1n) is 14.2. The molecule has 0 aromatic rings. The first kappa shape index (κ1) is 33.2. The molecule has 1 heterocycles. The van der Waals surface area contributed by atoms with Gasteiger partial charge in [-0.15, -0.1) is 0 Å². The lowest BCUT2D eigenvalue weighted by molar-refractivity contribution is -0.305. The van der Waals surface area contributed by atoms with Crippen LogP contribution < -0.4 is 0 Å². The van der Waals surface area contributed by atoms with Gasteiger partial charge in [-0.2, -0.15) is 0 Å². The molecule has 0 bridgehead atoms. The van der Waals surface area contributed by atoms with Crippen molar-refractivity contribution in [2.24, 2.45) is 0 Å². The number of unbranched alkanes of at least 4 members (excludes halogenated alkanes) is 14. The Morgan fingerprint density at radius 1 is 0.750 bits per heavy atom. The minimum absolute atomic E-state index is 0.255. The summed E-state index contributed by atoms with van der Waals surface area (Å²) in [5.41, 5.74) is 0. The van der Waals surface area contributed by atoms with Gasteiger partial charge in [0.05, 0.1) is 13.2 Å². The lowest BCUT2D eigenvalue weighted by atomic mass is 9.99. The van der Waals surface area contributed by atoms with Crippen LogP contribution in [-0.2, 0) is 19.0 Å². The molecule has 0 amide bonds. The predicted molar refractivity (Wildman–Crippen MR) is 136 cm³/mol. The van der Waals surface area contributed by atoms with Gasteiger partial charge in [0.2, 0.25) is 0 Å². The molecule has 0 aromatic heterocycles. The Hall–Kier alpha value is -0.810. The number of aliphatic hydroxyl groups is 5. The van der Waals surface area contributed by atoms with Crippen LogP contribution in [0.4, 0.5) is 0 Å². The minimum Gasteiger partial charge on any atom is -0.463 e. The second-order valence-corrected chi connectivity index (χ2v) is 10.1. The molecule has 6 atom stereocenters. The van der Waals surface area contributed by atoms with Crippen molar-refractivity contribution in [3.63, 3.8) is 0 Å². The molecule has 1 aliphatic rings. The summed E-state index contributed by atoms with van der Waals surface area (Å²) in [6.07, 6.45) is 11.0. The van der Waals surface area contributed by atoms with E-state index in [1.54, 1.807) is 0 Å². The summed E-state index contributed by atoms with van der Waals surface area (Å²) in [7, 11) is 0. The molecular weight excluding hydrogens is 468 g/mol. The number of ether oxygens (including phenoxy) is 3. The van der Waals surface area contributed by atoms with E-state index in [0.29, 0.717) is 6.42 Å². The Kier molecular flexibility index (Phi) is 19.5. The van der Waals surface area contributed by atoms with Crippen LogP contribution in [0.15, 0.2) is 0 Å². The standard InChI is InChI=1S/C27H52O9/c1-2-3-4-5-6-7-8-9-10-11-12-13-14-15-16-17-23(30)34-19-21(29)20-35-27-26(33)25(32)24(31)22(18-28)36-27/h21-22,24-29,31-33H,2-20H2,1H3/t21-,22-,24+,25+,26-,27-/m1/s1. The van der Waals surface area contributed by atoms with Gasteiger partial charge in [0.15, 0.2) is 6.29 Å². The third-order valence-corrected chi connectivity index (χ3v) is 6.72. The summed E-state index contributed by atoms with van der Waals surface area (Å²) in [5, 5.41) is 48.5. The van der Waals surface area contributed by atoms with Gasteiger partial charge >= 0.3 is 5.97 Å². The third-order valence-electron chi connectivity index (χ3n) is 6.72. The van der Waals surface area contributed by atoms with E-state index >= 15 is 0 Å². The van der Waals surface area contributed by atoms with Crippen LogP contribution in [0.1, 0.15) is 110 Å². The topological polar surface area (TPSA) is 146 Å². The molecule has 1 aliphatic heterocycles. The van der Waals surface area contributed by atoms with Crippen molar-refractivity contribution in [2.45, 2.75) is 146 Å². The average Bonchev–Trinajstić information content (AvgIpc) is 2.88. The maximum atomic E-state index is 11.9. The van der Waals surface area contributed by atoms with Crippen molar-refractivity contribution >= 4 is 5.97 Å². The summed E-state index contributed by atoms with van der Waals surface area (Å²) in [6.45, 7) is 1.12. The van der Waals surface area contributed by atoms with Crippen LogP contribution in [0.3, 0.4) is 0 Å². The molecule has 0 aliphatic carbocycles. The highest BCUT2D eigenvalue weighted by atomic mass is 16.7. The normalized spacial score (nSPS) is 25.1. The quantitative estimate of drug-likeness (QED) is 0.107. The SMILES string of the molecule is CCCCCCCCCCCCCCCCCC(=O)OC[C@@H](O)CO[C@@H]1O[C@H](CO)[C@H](O)[C@H](O)[C@H]1O. The van der Waals surface area contributed by atoms with Gasteiger partial charge in [0, 0.05) is 6.42 Å². The van der Waals surface area contributed by atoms with Gasteiger partial charge in [-0.1, -0.05) is 96.8 Å². The van der Waals surface area contributed by atoms with E-state index in [1.807, 2.05) is 0 Å². The van der Waals surface area contributed by atoms with Crippen molar-refractivity contribution < 1.29 is 44.5 Å². The van der Waals surface area contributed by atoms with E-state index < -0.39 is 43.4 Å². The van der Waals surface area contributed by atoms with Gasteiger partial charge in [-0.05, 0) is 6.42 Å². The lowest BCUT2D eigenvalue weighted by Gasteiger charge is -2.39. The molecule has 0 radical (unpaired) electrons.